The number of carbonyl (C=O) groups excluding carboxylic acids is 1. The SMILES string of the molecule is Cc1ccc(C(=O)N2CCO[C@H](C(F)(F)F)C2)cc1O. The number of benzene rings is 1. The molecule has 1 saturated heterocycles. The predicted octanol–water partition coefficient (Wildman–Crippen LogP) is 2.10. The number of halogens is 3. The Kier molecular flexibility index (Phi) is 3.89. The molecule has 1 aliphatic rings. The van der Waals surface area contributed by atoms with Crippen LogP contribution >= 0.6 is 0 Å². The van der Waals surface area contributed by atoms with E-state index in [1.165, 1.54) is 12.1 Å². The first-order valence-corrected chi connectivity index (χ1v) is 6.06. The first kappa shape index (κ1) is 14.6. The van der Waals surface area contributed by atoms with E-state index in [0.29, 0.717) is 5.56 Å². The number of hydrogen-bond donors (Lipinski definition) is 1. The lowest BCUT2D eigenvalue weighted by Gasteiger charge is -2.33. The summed E-state index contributed by atoms with van der Waals surface area (Å²) in [6.07, 6.45) is -6.45. The quantitative estimate of drug-likeness (QED) is 0.861. The summed E-state index contributed by atoms with van der Waals surface area (Å²) >= 11 is 0. The van der Waals surface area contributed by atoms with Crippen molar-refractivity contribution in [2.75, 3.05) is 19.7 Å². The molecule has 1 aromatic carbocycles. The number of alkyl halides is 3. The normalized spacial score (nSPS) is 20.0. The summed E-state index contributed by atoms with van der Waals surface area (Å²) in [6, 6.07) is 4.29. The maximum Gasteiger partial charge on any atom is 0.416 e. The molecule has 20 heavy (non-hydrogen) atoms. The van der Waals surface area contributed by atoms with E-state index < -0.39 is 24.7 Å². The highest BCUT2D eigenvalue weighted by Crippen LogP contribution is 2.27. The van der Waals surface area contributed by atoms with Crippen molar-refractivity contribution in [1.82, 2.24) is 4.90 Å². The van der Waals surface area contributed by atoms with Crippen molar-refractivity contribution < 1.29 is 27.8 Å². The summed E-state index contributed by atoms with van der Waals surface area (Å²) in [5, 5.41) is 9.55. The molecule has 0 aromatic heterocycles. The molecule has 0 radical (unpaired) electrons. The molecule has 1 aliphatic heterocycles. The Morgan fingerprint density at radius 3 is 2.75 bits per heavy atom. The topological polar surface area (TPSA) is 49.8 Å². The third kappa shape index (κ3) is 3.04. The van der Waals surface area contributed by atoms with Crippen LogP contribution in [0.15, 0.2) is 18.2 Å². The number of carbonyl (C=O) groups is 1. The summed E-state index contributed by atoms with van der Waals surface area (Å²) in [5.41, 5.74) is 0.757. The second-order valence-electron chi connectivity index (χ2n) is 4.65. The average molecular weight is 289 g/mol. The fraction of sp³-hybridized carbons (Fsp3) is 0.462. The van der Waals surface area contributed by atoms with Crippen molar-refractivity contribution >= 4 is 5.91 Å². The number of morpholine rings is 1. The highest BCUT2D eigenvalue weighted by atomic mass is 19.4. The van der Waals surface area contributed by atoms with Gasteiger partial charge in [0.25, 0.3) is 5.91 Å². The van der Waals surface area contributed by atoms with Crippen LogP contribution in [0.5, 0.6) is 5.75 Å². The van der Waals surface area contributed by atoms with Gasteiger partial charge in [0.15, 0.2) is 6.10 Å². The summed E-state index contributed by atoms with van der Waals surface area (Å²) in [6.45, 7) is 1.07. The van der Waals surface area contributed by atoms with Gasteiger partial charge in [0, 0.05) is 12.1 Å². The number of nitrogens with zero attached hydrogens (tertiary/aromatic N) is 1. The zero-order valence-corrected chi connectivity index (χ0v) is 10.8. The molecule has 0 aliphatic carbocycles. The lowest BCUT2D eigenvalue weighted by molar-refractivity contribution is -0.233. The number of ether oxygens (including phenoxy) is 1. The van der Waals surface area contributed by atoms with E-state index in [1.54, 1.807) is 13.0 Å². The molecule has 1 fully saturated rings. The summed E-state index contributed by atoms with van der Waals surface area (Å²) in [5.74, 6) is -0.602. The predicted molar refractivity (Wildman–Crippen MR) is 64.5 cm³/mol. The standard InChI is InChI=1S/C13H14F3NO3/c1-8-2-3-9(6-10(8)18)12(19)17-4-5-20-11(7-17)13(14,15)16/h2-3,6,11,18H,4-5,7H2,1H3/t11-/m0/s1. The third-order valence-electron chi connectivity index (χ3n) is 3.17. The van der Waals surface area contributed by atoms with E-state index >= 15 is 0 Å². The zero-order chi connectivity index (χ0) is 14.9. The number of phenolic OH excluding ortho intramolecular Hbond substituents is 1. The molecule has 1 amide bonds. The van der Waals surface area contributed by atoms with E-state index in [2.05, 4.69) is 4.74 Å². The molecule has 0 bridgehead atoms. The average Bonchev–Trinajstić information content (AvgIpc) is 2.40. The highest BCUT2D eigenvalue weighted by Gasteiger charge is 2.44. The van der Waals surface area contributed by atoms with Crippen LogP contribution in [-0.4, -0.2) is 47.9 Å². The van der Waals surface area contributed by atoms with Crippen LogP contribution in [0, 0.1) is 6.92 Å². The number of aromatic hydroxyl groups is 1. The third-order valence-corrected chi connectivity index (χ3v) is 3.17. The lowest BCUT2D eigenvalue weighted by Crippen LogP contribution is -2.51. The molecule has 0 unspecified atom stereocenters. The Morgan fingerprint density at radius 2 is 2.15 bits per heavy atom. The van der Waals surface area contributed by atoms with Crippen LogP contribution in [0.4, 0.5) is 13.2 Å². The Hall–Kier alpha value is -1.76. The Labute approximate surface area is 113 Å². The molecule has 1 atom stereocenters. The van der Waals surface area contributed by atoms with Crippen molar-refractivity contribution in [3.8, 4) is 5.75 Å². The minimum atomic E-state index is -4.49. The molecule has 1 aromatic rings. The second kappa shape index (κ2) is 5.32. The second-order valence-corrected chi connectivity index (χ2v) is 4.65. The van der Waals surface area contributed by atoms with E-state index in [4.69, 9.17) is 0 Å². The van der Waals surface area contributed by atoms with Crippen LogP contribution in [0.3, 0.4) is 0 Å². The van der Waals surface area contributed by atoms with Gasteiger partial charge < -0.3 is 14.7 Å². The lowest BCUT2D eigenvalue weighted by atomic mass is 10.1. The molecule has 2 rings (SSSR count). The van der Waals surface area contributed by atoms with Gasteiger partial charge in [-0.05, 0) is 24.6 Å². The first-order valence-electron chi connectivity index (χ1n) is 6.06. The molecule has 0 spiro atoms. The van der Waals surface area contributed by atoms with Crippen molar-refractivity contribution in [3.63, 3.8) is 0 Å². The van der Waals surface area contributed by atoms with Gasteiger partial charge in [0.1, 0.15) is 5.75 Å². The minimum Gasteiger partial charge on any atom is -0.508 e. The molecule has 110 valence electrons. The van der Waals surface area contributed by atoms with Crippen molar-refractivity contribution in [2.24, 2.45) is 0 Å². The monoisotopic (exact) mass is 289 g/mol. The highest BCUT2D eigenvalue weighted by molar-refractivity contribution is 5.94. The van der Waals surface area contributed by atoms with E-state index in [1.807, 2.05) is 0 Å². The van der Waals surface area contributed by atoms with Gasteiger partial charge >= 0.3 is 6.18 Å². The molecule has 7 heteroatoms. The Bertz CT molecular complexity index is 516. The van der Waals surface area contributed by atoms with Gasteiger partial charge in [0.2, 0.25) is 0 Å². The Morgan fingerprint density at radius 1 is 1.45 bits per heavy atom. The Balaban J connectivity index is 2.14. The number of aryl methyl sites for hydroxylation is 1. The van der Waals surface area contributed by atoms with Crippen LogP contribution < -0.4 is 0 Å². The largest absolute Gasteiger partial charge is 0.508 e. The number of phenols is 1. The molecule has 0 saturated carbocycles. The molecule has 1 heterocycles. The molecular formula is C13H14F3NO3. The van der Waals surface area contributed by atoms with Crippen LogP contribution in [0.2, 0.25) is 0 Å². The van der Waals surface area contributed by atoms with Crippen LogP contribution in [0.25, 0.3) is 0 Å². The van der Waals surface area contributed by atoms with E-state index in [0.717, 1.165) is 4.90 Å². The van der Waals surface area contributed by atoms with Gasteiger partial charge in [-0.1, -0.05) is 6.07 Å². The maximum atomic E-state index is 12.6. The fourth-order valence-corrected chi connectivity index (χ4v) is 1.96. The first-order chi connectivity index (χ1) is 9.29. The molecular weight excluding hydrogens is 275 g/mol. The van der Waals surface area contributed by atoms with E-state index in [9.17, 15) is 23.1 Å². The van der Waals surface area contributed by atoms with Gasteiger partial charge in [-0.15, -0.1) is 0 Å². The fourth-order valence-electron chi connectivity index (χ4n) is 1.96. The summed E-state index contributed by atoms with van der Waals surface area (Å²) < 4.78 is 42.4. The van der Waals surface area contributed by atoms with Crippen LogP contribution in [-0.2, 0) is 4.74 Å². The number of hydrogen-bond acceptors (Lipinski definition) is 3. The number of amides is 1. The minimum absolute atomic E-state index is 0.0588. The molecule has 4 nitrogen and oxygen atoms in total. The zero-order valence-electron chi connectivity index (χ0n) is 10.8. The van der Waals surface area contributed by atoms with Gasteiger partial charge in [-0.3, -0.25) is 4.79 Å². The van der Waals surface area contributed by atoms with E-state index in [-0.39, 0.29) is 24.5 Å². The summed E-state index contributed by atoms with van der Waals surface area (Å²) in [4.78, 5) is 13.2. The summed E-state index contributed by atoms with van der Waals surface area (Å²) in [7, 11) is 0. The van der Waals surface area contributed by atoms with Crippen molar-refractivity contribution in [2.45, 2.75) is 19.2 Å². The van der Waals surface area contributed by atoms with Gasteiger partial charge in [-0.25, -0.2) is 0 Å². The number of rotatable bonds is 1. The van der Waals surface area contributed by atoms with Crippen molar-refractivity contribution in [3.05, 3.63) is 29.3 Å². The smallest absolute Gasteiger partial charge is 0.416 e. The van der Waals surface area contributed by atoms with Crippen LogP contribution in [0.1, 0.15) is 15.9 Å². The van der Waals surface area contributed by atoms with Gasteiger partial charge in [0.05, 0.1) is 13.2 Å². The maximum absolute atomic E-state index is 12.6. The van der Waals surface area contributed by atoms with Gasteiger partial charge in [-0.2, -0.15) is 13.2 Å². The van der Waals surface area contributed by atoms with Crippen molar-refractivity contribution in [1.29, 1.82) is 0 Å². The molecule has 1 N–H and O–H groups in total.